The number of nitrogens with zero attached hydrogens (tertiary/aromatic N) is 2. The summed E-state index contributed by atoms with van der Waals surface area (Å²) in [7, 11) is 0. The molecule has 2 rings (SSSR count). The molecule has 1 amide bonds. The van der Waals surface area contributed by atoms with E-state index in [0.29, 0.717) is 5.54 Å². The Kier molecular flexibility index (Phi) is 5.23. The molecule has 0 radical (unpaired) electrons. The molecule has 22 heavy (non-hydrogen) atoms. The van der Waals surface area contributed by atoms with Crippen molar-refractivity contribution in [3.8, 4) is 0 Å². The van der Waals surface area contributed by atoms with Gasteiger partial charge < -0.3 is 10.2 Å². The molecule has 0 atom stereocenters. The molecule has 2 heterocycles. The number of rotatable bonds is 3. The molecule has 1 N–H and O–H groups in total. The topological polar surface area (TPSA) is 35.6 Å². The van der Waals surface area contributed by atoms with Gasteiger partial charge in [0.1, 0.15) is 0 Å². The molecular weight excluding hydrogens is 274 g/mol. The number of carbonyl (C=O) groups is 1. The van der Waals surface area contributed by atoms with Gasteiger partial charge in [-0.2, -0.15) is 0 Å². The van der Waals surface area contributed by atoms with E-state index in [0.717, 1.165) is 19.0 Å². The highest BCUT2D eigenvalue weighted by molar-refractivity contribution is 5.80. The Labute approximate surface area is 136 Å². The van der Waals surface area contributed by atoms with Crippen molar-refractivity contribution in [2.24, 2.45) is 11.8 Å². The quantitative estimate of drug-likeness (QED) is 0.869. The number of piperidine rings is 1. The zero-order valence-corrected chi connectivity index (χ0v) is 15.4. The van der Waals surface area contributed by atoms with Gasteiger partial charge in [-0.25, -0.2) is 0 Å². The highest BCUT2D eigenvalue weighted by atomic mass is 16.2. The molecule has 4 nitrogen and oxygen atoms in total. The highest BCUT2D eigenvalue weighted by Crippen LogP contribution is 2.26. The molecule has 2 aliphatic rings. The van der Waals surface area contributed by atoms with Gasteiger partial charge in [-0.3, -0.25) is 9.69 Å². The van der Waals surface area contributed by atoms with Crippen LogP contribution < -0.4 is 5.32 Å². The first kappa shape index (κ1) is 17.7. The second-order valence-electron chi connectivity index (χ2n) is 9.26. The van der Waals surface area contributed by atoms with E-state index in [1.807, 2.05) is 20.8 Å². The summed E-state index contributed by atoms with van der Waals surface area (Å²) in [6.07, 6.45) is 2.60. The van der Waals surface area contributed by atoms with Crippen molar-refractivity contribution in [3.63, 3.8) is 0 Å². The van der Waals surface area contributed by atoms with Gasteiger partial charge >= 0.3 is 0 Å². The molecule has 0 bridgehead atoms. The molecule has 0 aromatic heterocycles. The van der Waals surface area contributed by atoms with Crippen LogP contribution in [0, 0.1) is 11.8 Å². The van der Waals surface area contributed by atoms with E-state index in [-0.39, 0.29) is 17.4 Å². The summed E-state index contributed by atoms with van der Waals surface area (Å²) in [5, 5.41) is 3.10. The average molecular weight is 309 g/mol. The molecule has 2 fully saturated rings. The number of carbonyl (C=O) groups excluding carboxylic acids is 1. The summed E-state index contributed by atoms with van der Waals surface area (Å²) < 4.78 is 0. The van der Waals surface area contributed by atoms with E-state index in [1.165, 1.54) is 32.5 Å². The summed E-state index contributed by atoms with van der Waals surface area (Å²) in [4.78, 5) is 17.1. The molecule has 0 aromatic rings. The van der Waals surface area contributed by atoms with Crippen LogP contribution in [0.5, 0.6) is 0 Å². The third kappa shape index (κ3) is 4.95. The maximum absolute atomic E-state index is 12.1. The second kappa shape index (κ2) is 6.48. The predicted molar refractivity (Wildman–Crippen MR) is 91.9 cm³/mol. The highest BCUT2D eigenvalue weighted by Gasteiger charge is 2.36. The maximum Gasteiger partial charge on any atom is 0.226 e. The van der Waals surface area contributed by atoms with Gasteiger partial charge in [-0.1, -0.05) is 0 Å². The van der Waals surface area contributed by atoms with Gasteiger partial charge in [0.15, 0.2) is 0 Å². The summed E-state index contributed by atoms with van der Waals surface area (Å²) in [6, 6.07) is 0. The van der Waals surface area contributed by atoms with Crippen LogP contribution in [0.15, 0.2) is 0 Å². The summed E-state index contributed by atoms with van der Waals surface area (Å²) >= 11 is 0. The molecular formula is C18H35N3O. The van der Waals surface area contributed by atoms with Crippen molar-refractivity contribution in [3.05, 3.63) is 0 Å². The number of amides is 1. The van der Waals surface area contributed by atoms with Crippen molar-refractivity contribution in [1.82, 2.24) is 15.1 Å². The normalized spacial score (nSPS) is 23.4. The second-order valence-corrected chi connectivity index (χ2v) is 9.26. The molecule has 0 spiro atoms. The van der Waals surface area contributed by atoms with Crippen LogP contribution >= 0.6 is 0 Å². The Bertz CT molecular complexity index is 380. The predicted octanol–water partition coefficient (Wildman–Crippen LogP) is 2.34. The lowest BCUT2D eigenvalue weighted by Gasteiger charge is -2.45. The van der Waals surface area contributed by atoms with Crippen molar-refractivity contribution < 1.29 is 4.79 Å². The first-order chi connectivity index (χ1) is 10.0. The van der Waals surface area contributed by atoms with E-state index in [9.17, 15) is 4.79 Å². The van der Waals surface area contributed by atoms with Crippen molar-refractivity contribution in [2.75, 3.05) is 32.7 Å². The average Bonchev–Trinajstić information content (AvgIpc) is 2.30. The smallest absolute Gasteiger partial charge is 0.226 e. The van der Waals surface area contributed by atoms with Crippen LogP contribution in [-0.4, -0.2) is 59.5 Å². The number of likely N-dealkylation sites (tertiary alicyclic amines) is 2. The van der Waals surface area contributed by atoms with E-state index in [4.69, 9.17) is 0 Å². The first-order valence-electron chi connectivity index (χ1n) is 8.84. The Morgan fingerprint density at radius 3 is 2.05 bits per heavy atom. The molecule has 4 heteroatoms. The van der Waals surface area contributed by atoms with Gasteiger partial charge in [-0.05, 0) is 73.4 Å². The van der Waals surface area contributed by atoms with Gasteiger partial charge in [0.2, 0.25) is 5.91 Å². The van der Waals surface area contributed by atoms with Gasteiger partial charge in [0.25, 0.3) is 0 Å². The molecule has 2 saturated heterocycles. The van der Waals surface area contributed by atoms with Gasteiger partial charge in [0, 0.05) is 30.7 Å². The van der Waals surface area contributed by atoms with Crippen LogP contribution in [0.4, 0.5) is 0 Å². The number of hydrogen-bond donors (Lipinski definition) is 1. The standard InChI is InChI=1S/C18H35N3O/c1-17(2,3)19-16(22)15-12-20(13-15)11-14-7-9-21(10-8-14)18(4,5)6/h14-15H,7-13H2,1-6H3,(H,19,22). The number of nitrogens with one attached hydrogen (secondary N) is 1. The Hall–Kier alpha value is -0.610. The van der Waals surface area contributed by atoms with Crippen LogP contribution in [0.1, 0.15) is 54.4 Å². The van der Waals surface area contributed by atoms with Gasteiger partial charge in [-0.15, -0.1) is 0 Å². The minimum Gasteiger partial charge on any atom is -0.351 e. The summed E-state index contributed by atoms with van der Waals surface area (Å²) in [6.45, 7) is 18.6. The third-order valence-corrected chi connectivity index (χ3v) is 4.91. The molecule has 0 aromatic carbocycles. The van der Waals surface area contributed by atoms with Crippen LogP contribution in [0.2, 0.25) is 0 Å². The molecule has 0 saturated carbocycles. The first-order valence-corrected chi connectivity index (χ1v) is 8.84. The molecule has 2 aliphatic heterocycles. The monoisotopic (exact) mass is 309 g/mol. The zero-order chi connectivity index (χ0) is 16.5. The fourth-order valence-corrected chi connectivity index (χ4v) is 3.51. The SMILES string of the molecule is CC(C)(C)NC(=O)C1CN(CC2CCN(C(C)(C)C)CC2)C1. The Balaban J connectivity index is 1.66. The fourth-order valence-electron chi connectivity index (χ4n) is 3.51. The minimum atomic E-state index is -0.114. The lowest BCUT2D eigenvalue weighted by atomic mass is 9.90. The Morgan fingerprint density at radius 1 is 1.05 bits per heavy atom. The van der Waals surface area contributed by atoms with Gasteiger partial charge in [0.05, 0.1) is 5.92 Å². The van der Waals surface area contributed by atoms with Crippen molar-refractivity contribution >= 4 is 5.91 Å². The number of hydrogen-bond acceptors (Lipinski definition) is 3. The van der Waals surface area contributed by atoms with Crippen molar-refractivity contribution in [2.45, 2.75) is 65.5 Å². The molecule has 0 aliphatic carbocycles. The summed E-state index contributed by atoms with van der Waals surface area (Å²) in [5.74, 6) is 1.24. The van der Waals surface area contributed by atoms with Crippen LogP contribution in [0.3, 0.4) is 0 Å². The van der Waals surface area contributed by atoms with E-state index >= 15 is 0 Å². The molecule has 0 unspecified atom stereocenters. The summed E-state index contributed by atoms with van der Waals surface area (Å²) in [5.41, 5.74) is 0.190. The minimum absolute atomic E-state index is 0.114. The van der Waals surface area contributed by atoms with E-state index in [2.05, 4.69) is 35.9 Å². The third-order valence-electron chi connectivity index (χ3n) is 4.91. The van der Waals surface area contributed by atoms with E-state index in [1.54, 1.807) is 0 Å². The van der Waals surface area contributed by atoms with Crippen molar-refractivity contribution in [1.29, 1.82) is 0 Å². The lowest BCUT2D eigenvalue weighted by molar-refractivity contribution is -0.132. The fraction of sp³-hybridized carbons (Fsp3) is 0.944. The zero-order valence-electron chi connectivity index (χ0n) is 15.4. The lowest BCUT2D eigenvalue weighted by Crippen LogP contribution is -2.57. The largest absolute Gasteiger partial charge is 0.351 e. The molecule has 128 valence electrons. The maximum atomic E-state index is 12.1. The van der Waals surface area contributed by atoms with Crippen LogP contribution in [-0.2, 0) is 4.79 Å². The van der Waals surface area contributed by atoms with E-state index < -0.39 is 0 Å². The Morgan fingerprint density at radius 2 is 1.59 bits per heavy atom. The van der Waals surface area contributed by atoms with Crippen LogP contribution in [0.25, 0.3) is 0 Å².